The molecule has 0 N–H and O–H groups in total. The van der Waals surface area contributed by atoms with E-state index in [9.17, 15) is 0 Å². The van der Waals surface area contributed by atoms with Gasteiger partial charge in [0.1, 0.15) is 5.17 Å². The van der Waals surface area contributed by atoms with E-state index in [4.69, 9.17) is 11.6 Å². The first-order valence-corrected chi connectivity index (χ1v) is 3.81. The molecular weight excluding hydrogens is 146 g/mol. The van der Waals surface area contributed by atoms with Crippen LogP contribution in [0.1, 0.15) is 27.2 Å². The van der Waals surface area contributed by atoms with Gasteiger partial charge in [0.25, 0.3) is 0 Å². The third kappa shape index (κ3) is 1.60. The molecule has 1 aliphatic rings. The summed E-state index contributed by atoms with van der Waals surface area (Å²) in [4.78, 5) is 4.20. The quantitative estimate of drug-likeness (QED) is 0.513. The summed E-state index contributed by atoms with van der Waals surface area (Å²) in [5, 5.41) is 0.713. The third-order valence-electron chi connectivity index (χ3n) is 1.47. The monoisotopic (exact) mass is 157 g/mol. The van der Waals surface area contributed by atoms with Crippen LogP contribution in [-0.2, 0) is 0 Å². The predicted molar refractivity (Wildman–Crippen MR) is 45.4 cm³/mol. The minimum Gasteiger partial charge on any atom is -0.245 e. The molecule has 1 heterocycles. The van der Waals surface area contributed by atoms with Crippen LogP contribution in [0.3, 0.4) is 0 Å². The summed E-state index contributed by atoms with van der Waals surface area (Å²) in [6.07, 6.45) is 2.90. The zero-order chi connectivity index (χ0) is 7.78. The van der Waals surface area contributed by atoms with E-state index in [1.807, 2.05) is 0 Å². The lowest BCUT2D eigenvalue weighted by atomic mass is 9.92. The van der Waals surface area contributed by atoms with Gasteiger partial charge in [0.05, 0.1) is 0 Å². The first-order chi connectivity index (χ1) is 4.50. The zero-order valence-electron chi connectivity index (χ0n) is 6.61. The van der Waals surface area contributed by atoms with Gasteiger partial charge in [-0.15, -0.1) is 0 Å². The molecule has 56 valence electrons. The van der Waals surface area contributed by atoms with Crippen molar-refractivity contribution in [3.63, 3.8) is 0 Å². The standard InChI is InChI=1S/C8H12ClN/c1-8(2,3)6-4-5-7(9)10-6/h4H,5H2,1-3H3. The van der Waals surface area contributed by atoms with E-state index in [2.05, 4.69) is 31.8 Å². The Morgan fingerprint density at radius 1 is 1.50 bits per heavy atom. The number of aliphatic imine (C=N–C) groups is 1. The Bertz CT molecular complexity index is 196. The lowest BCUT2D eigenvalue weighted by Crippen LogP contribution is -2.05. The van der Waals surface area contributed by atoms with Gasteiger partial charge >= 0.3 is 0 Å². The Balaban J connectivity index is 2.77. The first-order valence-electron chi connectivity index (χ1n) is 3.44. The molecule has 0 bridgehead atoms. The summed E-state index contributed by atoms with van der Waals surface area (Å²) in [5.74, 6) is 0. The smallest absolute Gasteiger partial charge is 0.110 e. The van der Waals surface area contributed by atoms with Crippen LogP contribution in [0.25, 0.3) is 0 Å². The molecular formula is C8H12ClN. The van der Waals surface area contributed by atoms with Gasteiger partial charge < -0.3 is 0 Å². The molecule has 0 unspecified atom stereocenters. The maximum absolute atomic E-state index is 5.71. The highest BCUT2D eigenvalue weighted by Gasteiger charge is 2.19. The lowest BCUT2D eigenvalue weighted by Gasteiger charge is -2.16. The van der Waals surface area contributed by atoms with Crippen LogP contribution in [0, 0.1) is 5.41 Å². The van der Waals surface area contributed by atoms with Gasteiger partial charge in [-0.25, -0.2) is 4.99 Å². The second-order valence-electron chi connectivity index (χ2n) is 3.53. The highest BCUT2D eigenvalue weighted by Crippen LogP contribution is 2.30. The molecule has 1 rings (SSSR count). The molecule has 10 heavy (non-hydrogen) atoms. The van der Waals surface area contributed by atoms with Gasteiger partial charge in [-0.05, 0) is 0 Å². The number of hydrogen-bond acceptors (Lipinski definition) is 1. The van der Waals surface area contributed by atoms with Crippen molar-refractivity contribution < 1.29 is 0 Å². The SMILES string of the molecule is CC(C)(C)C1=CCC(Cl)=N1. The van der Waals surface area contributed by atoms with Crippen molar-refractivity contribution in [1.82, 2.24) is 0 Å². The topological polar surface area (TPSA) is 12.4 Å². The Morgan fingerprint density at radius 3 is 2.30 bits per heavy atom. The molecule has 0 aromatic heterocycles. The lowest BCUT2D eigenvalue weighted by molar-refractivity contribution is 0.500. The maximum atomic E-state index is 5.71. The molecule has 2 heteroatoms. The summed E-state index contributed by atoms with van der Waals surface area (Å²) >= 11 is 5.71. The van der Waals surface area contributed by atoms with Crippen molar-refractivity contribution in [1.29, 1.82) is 0 Å². The number of hydrogen-bond donors (Lipinski definition) is 0. The van der Waals surface area contributed by atoms with Gasteiger partial charge in [-0.3, -0.25) is 0 Å². The number of rotatable bonds is 0. The van der Waals surface area contributed by atoms with Crippen LogP contribution in [0.4, 0.5) is 0 Å². The van der Waals surface area contributed by atoms with E-state index < -0.39 is 0 Å². The van der Waals surface area contributed by atoms with E-state index in [-0.39, 0.29) is 5.41 Å². The molecule has 0 aliphatic carbocycles. The third-order valence-corrected chi connectivity index (χ3v) is 1.71. The summed E-state index contributed by atoms with van der Waals surface area (Å²) in [6.45, 7) is 6.41. The van der Waals surface area contributed by atoms with Crippen molar-refractivity contribution in [2.24, 2.45) is 10.4 Å². The average Bonchev–Trinajstić information content (AvgIpc) is 2.11. The van der Waals surface area contributed by atoms with E-state index >= 15 is 0 Å². The van der Waals surface area contributed by atoms with Crippen molar-refractivity contribution in [3.05, 3.63) is 11.8 Å². The molecule has 0 fully saturated rings. The largest absolute Gasteiger partial charge is 0.245 e. The highest BCUT2D eigenvalue weighted by atomic mass is 35.5. The van der Waals surface area contributed by atoms with Crippen LogP contribution >= 0.6 is 11.6 Å². The van der Waals surface area contributed by atoms with Crippen LogP contribution in [0.5, 0.6) is 0 Å². The fourth-order valence-electron chi connectivity index (χ4n) is 0.877. The number of halogens is 1. The molecule has 0 saturated heterocycles. The van der Waals surface area contributed by atoms with E-state index in [0.29, 0.717) is 5.17 Å². The second kappa shape index (κ2) is 2.39. The van der Waals surface area contributed by atoms with Gasteiger partial charge in [0, 0.05) is 17.5 Å². The van der Waals surface area contributed by atoms with Crippen LogP contribution in [0.2, 0.25) is 0 Å². The molecule has 0 radical (unpaired) electrons. The molecule has 0 amide bonds. The normalized spacial score (nSPS) is 18.8. The fraction of sp³-hybridized carbons (Fsp3) is 0.625. The number of allylic oxidation sites excluding steroid dienone is 2. The van der Waals surface area contributed by atoms with Crippen LogP contribution < -0.4 is 0 Å². The second-order valence-corrected chi connectivity index (χ2v) is 3.97. The van der Waals surface area contributed by atoms with Crippen LogP contribution in [-0.4, -0.2) is 5.17 Å². The molecule has 0 aromatic rings. The summed E-state index contributed by atoms with van der Waals surface area (Å²) in [5.41, 5.74) is 1.26. The van der Waals surface area contributed by atoms with Crippen molar-refractivity contribution in [2.75, 3.05) is 0 Å². The molecule has 0 spiro atoms. The van der Waals surface area contributed by atoms with Crippen molar-refractivity contribution in [3.8, 4) is 0 Å². The minimum atomic E-state index is 0.149. The predicted octanol–water partition coefficient (Wildman–Crippen LogP) is 2.96. The molecule has 1 aliphatic heterocycles. The summed E-state index contributed by atoms with van der Waals surface area (Å²) in [7, 11) is 0. The molecule has 0 aromatic carbocycles. The van der Waals surface area contributed by atoms with Crippen molar-refractivity contribution in [2.45, 2.75) is 27.2 Å². The van der Waals surface area contributed by atoms with E-state index in [1.54, 1.807) is 0 Å². The Morgan fingerprint density at radius 2 is 2.10 bits per heavy atom. The first kappa shape index (κ1) is 7.80. The van der Waals surface area contributed by atoms with Gasteiger partial charge in [-0.2, -0.15) is 0 Å². The van der Waals surface area contributed by atoms with Gasteiger partial charge in [-0.1, -0.05) is 38.4 Å². The zero-order valence-corrected chi connectivity index (χ0v) is 7.37. The fourth-order valence-corrected chi connectivity index (χ4v) is 1.04. The Labute approximate surface area is 66.8 Å². The maximum Gasteiger partial charge on any atom is 0.110 e. The van der Waals surface area contributed by atoms with E-state index in [0.717, 1.165) is 12.1 Å². The molecule has 0 saturated carbocycles. The highest BCUT2D eigenvalue weighted by molar-refractivity contribution is 6.66. The average molecular weight is 158 g/mol. The minimum absolute atomic E-state index is 0.149. The molecule has 0 atom stereocenters. The van der Waals surface area contributed by atoms with E-state index in [1.165, 1.54) is 0 Å². The van der Waals surface area contributed by atoms with Gasteiger partial charge in [0.2, 0.25) is 0 Å². The van der Waals surface area contributed by atoms with Crippen LogP contribution in [0.15, 0.2) is 16.8 Å². The molecule has 1 nitrogen and oxygen atoms in total. The summed E-state index contributed by atoms with van der Waals surface area (Å²) in [6, 6.07) is 0. The Hall–Kier alpha value is -0.300. The van der Waals surface area contributed by atoms with Crippen molar-refractivity contribution >= 4 is 16.8 Å². The number of nitrogens with zero attached hydrogens (tertiary/aromatic N) is 1. The Kier molecular flexibility index (Phi) is 1.86. The summed E-state index contributed by atoms with van der Waals surface area (Å²) < 4.78 is 0. The van der Waals surface area contributed by atoms with Gasteiger partial charge in [0.15, 0.2) is 0 Å².